The van der Waals surface area contributed by atoms with Crippen molar-refractivity contribution in [3.63, 3.8) is 0 Å². The highest BCUT2D eigenvalue weighted by Crippen LogP contribution is 2.27. The highest BCUT2D eigenvalue weighted by atomic mass is 16.5. The molecule has 4 nitrogen and oxygen atoms in total. The molecule has 112 valence electrons. The molecular weight excluding hydrogens is 266 g/mol. The second-order valence-corrected chi connectivity index (χ2v) is 5.80. The molecule has 1 amide bonds. The van der Waals surface area contributed by atoms with Gasteiger partial charge in [-0.25, -0.2) is 0 Å². The van der Waals surface area contributed by atoms with E-state index in [0.717, 1.165) is 43.4 Å². The molecule has 0 aliphatic heterocycles. The number of Topliss-reactive ketones (excluding diaryl/α,β-unsaturated/α-hetero) is 1. The summed E-state index contributed by atoms with van der Waals surface area (Å²) in [4.78, 5) is 25.9. The summed E-state index contributed by atoms with van der Waals surface area (Å²) in [5.41, 5.74) is 1.86. The van der Waals surface area contributed by atoms with Crippen LogP contribution in [0.1, 0.15) is 48.5 Å². The minimum atomic E-state index is 0.0315. The number of likely N-dealkylation sites (N-methyl/N-ethyl adjacent to an activating group) is 1. The van der Waals surface area contributed by atoms with E-state index in [2.05, 4.69) is 0 Å². The number of hydrogen-bond acceptors (Lipinski definition) is 3. The molecule has 0 N–H and O–H groups in total. The van der Waals surface area contributed by atoms with Crippen LogP contribution >= 0.6 is 0 Å². The van der Waals surface area contributed by atoms with Gasteiger partial charge in [-0.15, -0.1) is 0 Å². The van der Waals surface area contributed by atoms with Crippen LogP contribution in [0.5, 0.6) is 5.75 Å². The van der Waals surface area contributed by atoms with Crippen LogP contribution in [-0.2, 0) is 11.2 Å². The zero-order chi connectivity index (χ0) is 14.8. The first-order chi connectivity index (χ1) is 10.2. The highest BCUT2D eigenvalue weighted by molar-refractivity contribution is 5.98. The molecule has 0 spiro atoms. The van der Waals surface area contributed by atoms with Gasteiger partial charge in [-0.1, -0.05) is 6.07 Å². The summed E-state index contributed by atoms with van der Waals surface area (Å²) in [6.45, 7) is 2.78. The molecule has 0 bridgehead atoms. The van der Waals surface area contributed by atoms with Crippen molar-refractivity contribution in [3.8, 4) is 5.75 Å². The average Bonchev–Trinajstić information content (AvgIpc) is 3.31. The summed E-state index contributed by atoms with van der Waals surface area (Å²) in [5, 5.41) is 0. The van der Waals surface area contributed by atoms with Gasteiger partial charge in [0, 0.05) is 24.6 Å². The lowest BCUT2D eigenvalue weighted by Gasteiger charge is -2.21. The predicted molar refractivity (Wildman–Crippen MR) is 79.6 cm³/mol. The summed E-state index contributed by atoms with van der Waals surface area (Å²) in [5.74, 6) is 0.828. The average molecular weight is 287 g/mol. The third-order valence-corrected chi connectivity index (χ3v) is 4.24. The van der Waals surface area contributed by atoms with Crippen molar-refractivity contribution >= 4 is 11.7 Å². The van der Waals surface area contributed by atoms with Gasteiger partial charge < -0.3 is 9.64 Å². The van der Waals surface area contributed by atoms with Gasteiger partial charge in [0.1, 0.15) is 5.75 Å². The first-order valence-electron chi connectivity index (χ1n) is 7.77. The lowest BCUT2D eigenvalue weighted by molar-refractivity contribution is -0.133. The standard InChI is InChI=1S/C17H21NO3/c1-2-18(13-7-8-13)17(20)11-21-14-9-6-12-4-3-5-16(19)15(12)10-14/h6,9-10,13H,2-5,7-8,11H2,1H3. The normalized spacial score (nSPS) is 17.3. The topological polar surface area (TPSA) is 46.6 Å². The summed E-state index contributed by atoms with van der Waals surface area (Å²) in [6.07, 6.45) is 4.70. The Kier molecular flexibility index (Phi) is 3.95. The second-order valence-electron chi connectivity index (χ2n) is 5.80. The zero-order valence-corrected chi connectivity index (χ0v) is 12.4. The largest absolute Gasteiger partial charge is 0.484 e. The number of fused-ring (bicyclic) bond motifs is 1. The van der Waals surface area contributed by atoms with Crippen LogP contribution in [0.25, 0.3) is 0 Å². The first kappa shape index (κ1) is 14.1. The number of hydrogen-bond donors (Lipinski definition) is 0. The fourth-order valence-corrected chi connectivity index (χ4v) is 2.95. The van der Waals surface area contributed by atoms with Gasteiger partial charge in [-0.3, -0.25) is 9.59 Å². The van der Waals surface area contributed by atoms with E-state index in [1.54, 1.807) is 6.07 Å². The molecule has 0 saturated heterocycles. The molecule has 1 fully saturated rings. The van der Waals surface area contributed by atoms with Crippen LogP contribution < -0.4 is 4.74 Å². The number of amides is 1. The van der Waals surface area contributed by atoms with Gasteiger partial charge in [-0.05, 0) is 50.3 Å². The van der Waals surface area contributed by atoms with Crippen LogP contribution in [0.4, 0.5) is 0 Å². The molecule has 1 aromatic carbocycles. The molecule has 0 aromatic heterocycles. The van der Waals surface area contributed by atoms with Crippen molar-refractivity contribution in [2.24, 2.45) is 0 Å². The highest BCUT2D eigenvalue weighted by Gasteiger charge is 2.31. The van der Waals surface area contributed by atoms with Gasteiger partial charge in [-0.2, -0.15) is 0 Å². The predicted octanol–water partition coefficient (Wildman–Crippen LogP) is 2.60. The van der Waals surface area contributed by atoms with E-state index < -0.39 is 0 Å². The van der Waals surface area contributed by atoms with E-state index in [9.17, 15) is 9.59 Å². The minimum absolute atomic E-state index is 0.0315. The Morgan fingerprint density at radius 3 is 2.86 bits per heavy atom. The molecule has 21 heavy (non-hydrogen) atoms. The number of nitrogens with zero attached hydrogens (tertiary/aromatic N) is 1. The Morgan fingerprint density at radius 2 is 2.14 bits per heavy atom. The smallest absolute Gasteiger partial charge is 0.260 e. The van der Waals surface area contributed by atoms with Crippen LogP contribution in [0.2, 0.25) is 0 Å². The van der Waals surface area contributed by atoms with Crippen molar-refractivity contribution in [2.45, 2.75) is 45.1 Å². The Bertz CT molecular complexity index is 563. The minimum Gasteiger partial charge on any atom is -0.484 e. The molecule has 1 saturated carbocycles. The van der Waals surface area contributed by atoms with Crippen LogP contribution in [0.3, 0.4) is 0 Å². The molecule has 0 atom stereocenters. The van der Waals surface area contributed by atoms with Gasteiger partial charge >= 0.3 is 0 Å². The van der Waals surface area contributed by atoms with Crippen LogP contribution in [-0.4, -0.2) is 35.8 Å². The van der Waals surface area contributed by atoms with E-state index in [1.165, 1.54) is 0 Å². The Balaban J connectivity index is 1.64. The van der Waals surface area contributed by atoms with E-state index >= 15 is 0 Å². The maximum Gasteiger partial charge on any atom is 0.260 e. The number of benzene rings is 1. The molecule has 2 aliphatic carbocycles. The Labute approximate surface area is 125 Å². The number of carbonyl (C=O) groups is 2. The molecule has 0 heterocycles. The number of aryl methyl sites for hydroxylation is 1. The van der Waals surface area contributed by atoms with Gasteiger partial charge in [0.05, 0.1) is 0 Å². The van der Waals surface area contributed by atoms with Gasteiger partial charge in [0.15, 0.2) is 12.4 Å². The maximum atomic E-state index is 12.1. The quantitative estimate of drug-likeness (QED) is 0.836. The zero-order valence-electron chi connectivity index (χ0n) is 12.4. The molecule has 4 heteroatoms. The van der Waals surface area contributed by atoms with E-state index in [1.807, 2.05) is 24.0 Å². The summed E-state index contributed by atoms with van der Waals surface area (Å²) < 4.78 is 5.60. The van der Waals surface area contributed by atoms with Gasteiger partial charge in [0.25, 0.3) is 5.91 Å². The summed E-state index contributed by atoms with van der Waals surface area (Å²) in [7, 11) is 0. The van der Waals surface area contributed by atoms with E-state index in [4.69, 9.17) is 4.74 Å². The Morgan fingerprint density at radius 1 is 1.33 bits per heavy atom. The number of carbonyl (C=O) groups excluding carboxylic acids is 2. The monoisotopic (exact) mass is 287 g/mol. The third-order valence-electron chi connectivity index (χ3n) is 4.24. The molecule has 3 rings (SSSR count). The second kappa shape index (κ2) is 5.88. The van der Waals surface area contributed by atoms with Gasteiger partial charge in [0.2, 0.25) is 0 Å². The number of ether oxygens (including phenoxy) is 1. The third kappa shape index (κ3) is 3.09. The van der Waals surface area contributed by atoms with Crippen LogP contribution in [0, 0.1) is 0 Å². The van der Waals surface area contributed by atoms with Crippen molar-refractivity contribution in [1.29, 1.82) is 0 Å². The maximum absolute atomic E-state index is 12.1. The molecular formula is C17H21NO3. The fraction of sp³-hybridized carbons (Fsp3) is 0.529. The molecule has 0 radical (unpaired) electrons. The lowest BCUT2D eigenvalue weighted by atomic mass is 9.90. The lowest BCUT2D eigenvalue weighted by Crippen LogP contribution is -2.36. The van der Waals surface area contributed by atoms with Crippen molar-refractivity contribution in [2.75, 3.05) is 13.2 Å². The van der Waals surface area contributed by atoms with E-state index in [-0.39, 0.29) is 18.3 Å². The first-order valence-corrected chi connectivity index (χ1v) is 7.77. The fourth-order valence-electron chi connectivity index (χ4n) is 2.95. The van der Waals surface area contributed by atoms with Crippen LogP contribution in [0.15, 0.2) is 18.2 Å². The Hall–Kier alpha value is -1.84. The van der Waals surface area contributed by atoms with Crippen molar-refractivity contribution < 1.29 is 14.3 Å². The number of ketones is 1. The SMILES string of the molecule is CCN(C(=O)COc1ccc2c(c1)C(=O)CCC2)C1CC1. The molecule has 0 unspecified atom stereocenters. The van der Waals surface area contributed by atoms with E-state index in [0.29, 0.717) is 18.2 Å². The number of rotatable bonds is 5. The molecule has 1 aromatic rings. The molecule has 2 aliphatic rings. The summed E-state index contributed by atoms with van der Waals surface area (Å²) in [6, 6.07) is 6.01. The van der Waals surface area contributed by atoms with Crippen molar-refractivity contribution in [3.05, 3.63) is 29.3 Å². The summed E-state index contributed by atoms with van der Waals surface area (Å²) >= 11 is 0. The van der Waals surface area contributed by atoms with Crippen molar-refractivity contribution in [1.82, 2.24) is 4.90 Å².